The van der Waals surface area contributed by atoms with Gasteiger partial charge in [-0.05, 0) is 31.2 Å². The van der Waals surface area contributed by atoms with E-state index in [0.29, 0.717) is 5.56 Å². The van der Waals surface area contributed by atoms with Crippen molar-refractivity contribution >= 4 is 23.6 Å². The van der Waals surface area contributed by atoms with Gasteiger partial charge < -0.3 is 10.2 Å². The van der Waals surface area contributed by atoms with Crippen molar-refractivity contribution < 1.29 is 9.59 Å². The maximum absolute atomic E-state index is 12.9. The number of amides is 2. The predicted molar refractivity (Wildman–Crippen MR) is 83.4 cm³/mol. The molecule has 4 nitrogen and oxygen atoms in total. The highest BCUT2D eigenvalue weighted by atomic mass is 32.2. The number of fused-ring (bicyclic) bond motifs is 1. The first-order chi connectivity index (χ1) is 10.2. The molecule has 112 valence electrons. The summed E-state index contributed by atoms with van der Waals surface area (Å²) in [5.41, 5.74) is 0.712. The summed E-state index contributed by atoms with van der Waals surface area (Å²) in [4.78, 5) is 27.6. The Bertz CT molecular complexity index is 561. The number of thioether (sulfide) groups is 1. The summed E-state index contributed by atoms with van der Waals surface area (Å²) in [5.74, 6) is -0.0418. The molecule has 1 aromatic carbocycles. The van der Waals surface area contributed by atoms with Crippen LogP contribution in [0.3, 0.4) is 0 Å². The second kappa shape index (κ2) is 6.10. The highest BCUT2D eigenvalue weighted by molar-refractivity contribution is 7.98. The largest absolute Gasteiger partial charge is 0.350 e. The Kier molecular flexibility index (Phi) is 4.19. The summed E-state index contributed by atoms with van der Waals surface area (Å²) in [6.07, 6.45) is 6.19. The molecule has 0 bridgehead atoms. The zero-order valence-corrected chi connectivity index (χ0v) is 13.0. The van der Waals surface area contributed by atoms with E-state index in [1.807, 2.05) is 30.5 Å². The monoisotopic (exact) mass is 304 g/mol. The number of carbonyl (C=O) groups is 2. The van der Waals surface area contributed by atoms with Crippen LogP contribution in [-0.2, 0) is 4.79 Å². The Morgan fingerprint density at radius 2 is 2.05 bits per heavy atom. The fourth-order valence-electron chi connectivity index (χ4n) is 3.38. The number of benzene rings is 1. The number of nitrogens with one attached hydrogen (secondary N) is 1. The topological polar surface area (TPSA) is 49.4 Å². The van der Waals surface area contributed by atoms with E-state index >= 15 is 0 Å². The molecule has 0 unspecified atom stereocenters. The van der Waals surface area contributed by atoms with Crippen LogP contribution in [0, 0.1) is 0 Å². The highest BCUT2D eigenvalue weighted by Crippen LogP contribution is 2.29. The minimum absolute atomic E-state index is 0.00769. The average molecular weight is 304 g/mol. The molecule has 0 spiro atoms. The van der Waals surface area contributed by atoms with Gasteiger partial charge in [-0.2, -0.15) is 0 Å². The summed E-state index contributed by atoms with van der Waals surface area (Å²) in [6.45, 7) is 0.183. The Labute approximate surface area is 129 Å². The van der Waals surface area contributed by atoms with E-state index in [-0.39, 0.29) is 30.4 Å². The van der Waals surface area contributed by atoms with Crippen LogP contribution >= 0.6 is 11.8 Å². The van der Waals surface area contributed by atoms with Gasteiger partial charge in [-0.1, -0.05) is 25.0 Å². The first kappa shape index (κ1) is 14.4. The van der Waals surface area contributed by atoms with Crippen LogP contribution in [0.15, 0.2) is 29.2 Å². The lowest BCUT2D eigenvalue weighted by atomic mass is 9.87. The quantitative estimate of drug-likeness (QED) is 0.853. The van der Waals surface area contributed by atoms with Gasteiger partial charge in [0.05, 0.1) is 11.6 Å². The third kappa shape index (κ3) is 2.79. The molecule has 0 aromatic heterocycles. The molecule has 1 saturated heterocycles. The van der Waals surface area contributed by atoms with Crippen molar-refractivity contribution in [3.8, 4) is 0 Å². The lowest BCUT2D eigenvalue weighted by Crippen LogP contribution is -2.62. The Balaban J connectivity index is 1.89. The molecule has 1 N–H and O–H groups in total. The molecular formula is C16H20N2O2S. The lowest BCUT2D eigenvalue weighted by Gasteiger charge is -2.44. The van der Waals surface area contributed by atoms with E-state index in [9.17, 15) is 9.59 Å². The normalized spacial score (nSPS) is 25.2. The van der Waals surface area contributed by atoms with Crippen LogP contribution in [0.1, 0.15) is 36.0 Å². The molecule has 1 saturated carbocycles. The van der Waals surface area contributed by atoms with Crippen molar-refractivity contribution in [2.75, 3.05) is 12.8 Å². The van der Waals surface area contributed by atoms with Gasteiger partial charge in [0, 0.05) is 10.9 Å². The molecule has 1 aromatic rings. The Hall–Kier alpha value is -1.49. The zero-order valence-electron chi connectivity index (χ0n) is 12.2. The standard InChI is InChI=1S/C16H20N2O2S/c1-21-14-9-5-2-6-11(14)16(20)18-10-15(19)17-12-7-3-4-8-13(12)18/h2,5-6,9,12-13H,3-4,7-8,10H2,1H3,(H,17,19)/t12-,13-/m0/s1. The number of piperazine rings is 1. The second-order valence-corrected chi connectivity index (χ2v) is 6.51. The molecule has 2 atom stereocenters. The van der Waals surface area contributed by atoms with Crippen LogP contribution in [-0.4, -0.2) is 41.6 Å². The van der Waals surface area contributed by atoms with Crippen LogP contribution < -0.4 is 5.32 Å². The summed E-state index contributed by atoms with van der Waals surface area (Å²) in [7, 11) is 0. The fraction of sp³-hybridized carbons (Fsp3) is 0.500. The number of carbonyl (C=O) groups excluding carboxylic acids is 2. The molecule has 0 radical (unpaired) electrons. The summed E-state index contributed by atoms with van der Waals surface area (Å²) < 4.78 is 0. The molecule has 1 aliphatic heterocycles. The van der Waals surface area contributed by atoms with E-state index in [2.05, 4.69) is 5.32 Å². The minimum atomic E-state index is -0.0341. The van der Waals surface area contributed by atoms with Gasteiger partial charge in [0.2, 0.25) is 5.91 Å². The van der Waals surface area contributed by atoms with Crippen LogP contribution in [0.25, 0.3) is 0 Å². The predicted octanol–water partition coefficient (Wildman–Crippen LogP) is 2.29. The summed E-state index contributed by atoms with van der Waals surface area (Å²) >= 11 is 1.57. The smallest absolute Gasteiger partial charge is 0.255 e. The molecular weight excluding hydrogens is 284 g/mol. The third-order valence-electron chi connectivity index (χ3n) is 4.39. The molecule has 1 heterocycles. The molecule has 1 aliphatic carbocycles. The van der Waals surface area contributed by atoms with Gasteiger partial charge in [-0.15, -0.1) is 11.8 Å². The van der Waals surface area contributed by atoms with Gasteiger partial charge in [0.25, 0.3) is 5.91 Å². The Morgan fingerprint density at radius 3 is 2.86 bits per heavy atom. The van der Waals surface area contributed by atoms with Gasteiger partial charge in [-0.3, -0.25) is 9.59 Å². The zero-order chi connectivity index (χ0) is 14.8. The molecule has 2 amide bonds. The maximum Gasteiger partial charge on any atom is 0.255 e. The van der Waals surface area contributed by atoms with Crippen LogP contribution in [0.2, 0.25) is 0 Å². The van der Waals surface area contributed by atoms with Crippen molar-refractivity contribution in [1.82, 2.24) is 10.2 Å². The van der Waals surface area contributed by atoms with E-state index < -0.39 is 0 Å². The minimum Gasteiger partial charge on any atom is -0.350 e. The van der Waals surface area contributed by atoms with Crippen molar-refractivity contribution in [2.45, 2.75) is 42.7 Å². The van der Waals surface area contributed by atoms with E-state index in [0.717, 1.165) is 30.6 Å². The van der Waals surface area contributed by atoms with Crippen molar-refractivity contribution in [1.29, 1.82) is 0 Å². The third-order valence-corrected chi connectivity index (χ3v) is 5.18. The highest BCUT2D eigenvalue weighted by Gasteiger charge is 2.39. The van der Waals surface area contributed by atoms with Gasteiger partial charge >= 0.3 is 0 Å². The summed E-state index contributed by atoms with van der Waals surface area (Å²) in [5, 5.41) is 3.05. The molecule has 2 aliphatic rings. The average Bonchev–Trinajstić information content (AvgIpc) is 2.53. The number of rotatable bonds is 2. The second-order valence-electron chi connectivity index (χ2n) is 5.66. The summed E-state index contributed by atoms with van der Waals surface area (Å²) in [6, 6.07) is 7.92. The SMILES string of the molecule is CSc1ccccc1C(=O)N1CC(=O)N[C@H]2CCCC[C@@H]21. The first-order valence-electron chi connectivity index (χ1n) is 7.44. The molecule has 5 heteroatoms. The lowest BCUT2D eigenvalue weighted by molar-refractivity contribution is -0.127. The van der Waals surface area contributed by atoms with Crippen molar-refractivity contribution in [3.63, 3.8) is 0 Å². The Morgan fingerprint density at radius 1 is 1.29 bits per heavy atom. The number of hydrogen-bond acceptors (Lipinski definition) is 3. The fourth-order valence-corrected chi connectivity index (χ4v) is 3.97. The van der Waals surface area contributed by atoms with Gasteiger partial charge in [0.15, 0.2) is 0 Å². The van der Waals surface area contributed by atoms with Crippen molar-refractivity contribution in [3.05, 3.63) is 29.8 Å². The van der Waals surface area contributed by atoms with Gasteiger partial charge in [0.1, 0.15) is 6.54 Å². The molecule has 2 fully saturated rings. The number of nitrogens with zero attached hydrogens (tertiary/aromatic N) is 1. The number of hydrogen-bond donors (Lipinski definition) is 1. The molecule has 3 rings (SSSR count). The molecule has 21 heavy (non-hydrogen) atoms. The first-order valence-corrected chi connectivity index (χ1v) is 8.66. The van der Waals surface area contributed by atoms with Crippen LogP contribution in [0.4, 0.5) is 0 Å². The van der Waals surface area contributed by atoms with Crippen molar-refractivity contribution in [2.24, 2.45) is 0 Å². The van der Waals surface area contributed by atoms with Gasteiger partial charge in [-0.25, -0.2) is 0 Å². The maximum atomic E-state index is 12.9. The van der Waals surface area contributed by atoms with E-state index in [4.69, 9.17) is 0 Å². The van der Waals surface area contributed by atoms with E-state index in [1.165, 1.54) is 0 Å². The van der Waals surface area contributed by atoms with Crippen LogP contribution in [0.5, 0.6) is 0 Å². The van der Waals surface area contributed by atoms with E-state index in [1.54, 1.807) is 16.7 Å².